The summed E-state index contributed by atoms with van der Waals surface area (Å²) >= 11 is 0. The zero-order valence-electron chi connectivity index (χ0n) is 12.3. The zero-order chi connectivity index (χ0) is 15.4. The van der Waals surface area contributed by atoms with Gasteiger partial charge in [-0.25, -0.2) is 0 Å². The molecule has 108 valence electrons. The minimum Gasteiger partial charge on any atom is -0.859 e. The fourth-order valence-corrected chi connectivity index (χ4v) is 2.09. The molecule has 4 rings (SSSR count). The summed E-state index contributed by atoms with van der Waals surface area (Å²) in [5.74, 6) is -0.354. The molecule has 2 aromatic carbocycles. The van der Waals surface area contributed by atoms with Crippen molar-refractivity contribution in [1.82, 2.24) is 9.97 Å². The summed E-state index contributed by atoms with van der Waals surface area (Å²) in [7, 11) is 0. The Morgan fingerprint density at radius 1 is 0.522 bits per heavy atom. The standard InChI is InChI=1S/2C9H7NO.Sr/c2*11-9-6-5-7-3-1-2-4-8(7)10-9;/h2*1-6H,(H,10,11);/q;;+2/p-2. The molecule has 2 heterocycles. The first kappa shape index (κ1) is 17.7. The van der Waals surface area contributed by atoms with Gasteiger partial charge in [0.25, 0.3) is 0 Å². The molecule has 0 unspecified atom stereocenters. The average Bonchev–Trinajstić information content (AvgIpc) is 2.55. The molecule has 0 saturated heterocycles. The molecule has 0 aliphatic carbocycles. The monoisotopic (exact) mass is 376 g/mol. The Hall–Kier alpha value is -1.66. The van der Waals surface area contributed by atoms with Gasteiger partial charge in [-0.1, -0.05) is 60.7 Å². The minimum atomic E-state index is -0.177. The van der Waals surface area contributed by atoms with Gasteiger partial charge in [-0.05, 0) is 23.9 Å². The molecule has 5 heteroatoms. The van der Waals surface area contributed by atoms with Crippen LogP contribution < -0.4 is 10.2 Å². The van der Waals surface area contributed by atoms with Gasteiger partial charge in [-0.15, -0.1) is 0 Å². The van der Waals surface area contributed by atoms with Crippen LogP contribution >= 0.6 is 0 Å². The van der Waals surface area contributed by atoms with E-state index in [4.69, 9.17) is 0 Å². The molecule has 0 aliphatic heterocycles. The number of rotatable bonds is 0. The third-order valence-electron chi connectivity index (χ3n) is 3.15. The first-order valence-electron chi connectivity index (χ1n) is 6.78. The molecule has 0 saturated carbocycles. The molecule has 0 radical (unpaired) electrons. The third kappa shape index (κ3) is 4.65. The van der Waals surface area contributed by atoms with Crippen LogP contribution in [0.2, 0.25) is 0 Å². The maximum Gasteiger partial charge on any atom is 2.00 e. The van der Waals surface area contributed by atoms with Crippen LogP contribution in [0, 0.1) is 0 Å². The van der Waals surface area contributed by atoms with Crippen molar-refractivity contribution in [3.8, 4) is 11.8 Å². The third-order valence-corrected chi connectivity index (χ3v) is 3.15. The molecule has 0 atom stereocenters. The van der Waals surface area contributed by atoms with E-state index >= 15 is 0 Å². The molecule has 0 spiro atoms. The second kappa shape index (κ2) is 8.27. The normalized spacial score (nSPS) is 9.74. The van der Waals surface area contributed by atoms with Crippen LogP contribution in [-0.4, -0.2) is 55.4 Å². The van der Waals surface area contributed by atoms with Gasteiger partial charge in [0, 0.05) is 10.8 Å². The summed E-state index contributed by atoms with van der Waals surface area (Å²) in [6.45, 7) is 0. The quantitative estimate of drug-likeness (QED) is 0.442. The summed E-state index contributed by atoms with van der Waals surface area (Å²) in [5, 5.41) is 23.6. The largest absolute Gasteiger partial charge is 2.00 e. The number of nitrogens with zero attached hydrogens (tertiary/aromatic N) is 2. The van der Waals surface area contributed by atoms with Crippen LogP contribution in [-0.2, 0) is 0 Å². The van der Waals surface area contributed by atoms with Gasteiger partial charge in [0.1, 0.15) is 0 Å². The molecule has 23 heavy (non-hydrogen) atoms. The summed E-state index contributed by atoms with van der Waals surface area (Å²) in [4.78, 5) is 7.64. The molecular weight excluding hydrogens is 364 g/mol. The van der Waals surface area contributed by atoms with Crippen molar-refractivity contribution in [1.29, 1.82) is 0 Å². The first-order chi connectivity index (χ1) is 10.7. The number of hydrogen-bond acceptors (Lipinski definition) is 4. The van der Waals surface area contributed by atoms with Gasteiger partial charge in [0.2, 0.25) is 0 Å². The van der Waals surface area contributed by atoms with E-state index in [1.54, 1.807) is 12.1 Å². The molecule has 4 aromatic rings. The van der Waals surface area contributed by atoms with E-state index in [0.717, 1.165) is 21.8 Å². The van der Waals surface area contributed by atoms with E-state index in [1.807, 2.05) is 48.5 Å². The summed E-state index contributed by atoms with van der Waals surface area (Å²) in [6.07, 6.45) is 0. The van der Waals surface area contributed by atoms with E-state index < -0.39 is 0 Å². The van der Waals surface area contributed by atoms with E-state index in [-0.39, 0.29) is 57.2 Å². The van der Waals surface area contributed by atoms with Crippen molar-refractivity contribution in [3.63, 3.8) is 0 Å². The van der Waals surface area contributed by atoms with Gasteiger partial charge >= 0.3 is 45.5 Å². The van der Waals surface area contributed by atoms with Crippen molar-refractivity contribution < 1.29 is 10.2 Å². The van der Waals surface area contributed by atoms with Gasteiger partial charge in [0.15, 0.2) is 0 Å². The van der Waals surface area contributed by atoms with Gasteiger partial charge in [0.05, 0.1) is 11.0 Å². The number of para-hydroxylation sites is 2. The molecule has 0 aliphatic rings. The fourth-order valence-electron chi connectivity index (χ4n) is 2.09. The Morgan fingerprint density at radius 2 is 0.913 bits per heavy atom. The summed E-state index contributed by atoms with van der Waals surface area (Å²) < 4.78 is 0. The Morgan fingerprint density at radius 3 is 1.35 bits per heavy atom. The van der Waals surface area contributed by atoms with Crippen molar-refractivity contribution in [2.24, 2.45) is 0 Å². The van der Waals surface area contributed by atoms with Crippen LogP contribution in [0.1, 0.15) is 0 Å². The van der Waals surface area contributed by atoms with Crippen molar-refractivity contribution >= 4 is 67.3 Å². The maximum absolute atomic E-state index is 10.8. The molecule has 2 aromatic heterocycles. The number of hydrogen-bond donors (Lipinski definition) is 0. The Labute approximate surface area is 170 Å². The molecule has 0 amide bonds. The SMILES string of the molecule is [O-]c1ccc2ccccc2n1.[O-]c1ccc2ccccc2n1.[Sr+2]. The molecular formula is C18H12N2O2Sr. The zero-order valence-corrected chi connectivity index (χ0v) is 15.8. The van der Waals surface area contributed by atoms with Gasteiger partial charge < -0.3 is 10.2 Å². The smallest absolute Gasteiger partial charge is 0.859 e. The van der Waals surface area contributed by atoms with Crippen molar-refractivity contribution in [2.75, 3.05) is 0 Å². The van der Waals surface area contributed by atoms with E-state index in [0.29, 0.717) is 0 Å². The second-order valence-corrected chi connectivity index (χ2v) is 4.68. The Kier molecular flexibility index (Phi) is 6.36. The fraction of sp³-hybridized carbons (Fsp3) is 0. The topological polar surface area (TPSA) is 71.9 Å². The average molecular weight is 376 g/mol. The summed E-state index contributed by atoms with van der Waals surface area (Å²) in [6, 6.07) is 21.6. The number of pyridine rings is 2. The molecule has 0 bridgehead atoms. The van der Waals surface area contributed by atoms with Crippen molar-refractivity contribution in [2.45, 2.75) is 0 Å². The Balaban J connectivity index is 0.000000160. The van der Waals surface area contributed by atoms with Gasteiger partial charge in [-0.3, -0.25) is 9.97 Å². The van der Waals surface area contributed by atoms with Gasteiger partial charge in [-0.2, -0.15) is 0 Å². The Bertz CT molecular complexity index is 851. The molecule has 4 nitrogen and oxygen atoms in total. The van der Waals surface area contributed by atoms with Crippen LogP contribution in [0.15, 0.2) is 72.8 Å². The van der Waals surface area contributed by atoms with E-state index in [9.17, 15) is 10.2 Å². The predicted molar refractivity (Wildman–Crippen MR) is 88.1 cm³/mol. The van der Waals surface area contributed by atoms with E-state index in [2.05, 4.69) is 9.97 Å². The predicted octanol–water partition coefficient (Wildman–Crippen LogP) is 2.24. The second-order valence-electron chi connectivity index (χ2n) is 4.68. The van der Waals surface area contributed by atoms with Crippen molar-refractivity contribution in [3.05, 3.63) is 72.8 Å². The van der Waals surface area contributed by atoms with Crippen LogP contribution in [0.4, 0.5) is 0 Å². The number of fused-ring (bicyclic) bond motifs is 2. The minimum absolute atomic E-state index is 0. The number of aromatic nitrogens is 2. The van der Waals surface area contributed by atoms with Crippen LogP contribution in [0.3, 0.4) is 0 Å². The van der Waals surface area contributed by atoms with Crippen LogP contribution in [0.25, 0.3) is 21.8 Å². The molecule has 0 fully saturated rings. The maximum atomic E-state index is 10.8. The van der Waals surface area contributed by atoms with E-state index in [1.165, 1.54) is 12.1 Å². The first-order valence-corrected chi connectivity index (χ1v) is 6.78. The summed E-state index contributed by atoms with van der Waals surface area (Å²) in [5.41, 5.74) is 1.53. The number of benzene rings is 2. The molecule has 0 N–H and O–H groups in total. The van der Waals surface area contributed by atoms with Crippen LogP contribution in [0.5, 0.6) is 11.8 Å².